The second-order valence-electron chi connectivity index (χ2n) is 6.96. The second-order valence-corrected chi connectivity index (χ2v) is 7.80. The highest BCUT2D eigenvalue weighted by molar-refractivity contribution is 7.07. The summed E-state index contributed by atoms with van der Waals surface area (Å²) in [6.45, 7) is 8.69. The summed E-state index contributed by atoms with van der Waals surface area (Å²) in [5, 5.41) is 16.6. The molecule has 1 aromatic heterocycles. The molecule has 168 valence electrons. The Labute approximate surface area is 191 Å². The lowest BCUT2D eigenvalue weighted by Crippen LogP contribution is -2.13. The van der Waals surface area contributed by atoms with Crippen LogP contribution < -0.4 is 19.0 Å². The van der Waals surface area contributed by atoms with Crippen molar-refractivity contribution in [3.05, 3.63) is 64.3 Å². The van der Waals surface area contributed by atoms with Crippen LogP contribution in [-0.2, 0) is 0 Å². The van der Waals surface area contributed by atoms with Gasteiger partial charge in [-0.1, -0.05) is 12.2 Å². The highest BCUT2D eigenvalue weighted by Crippen LogP contribution is 2.34. The number of hydrogen-bond donors (Lipinski definition) is 1. The molecule has 32 heavy (non-hydrogen) atoms. The van der Waals surface area contributed by atoms with Gasteiger partial charge in [0.15, 0.2) is 11.5 Å². The summed E-state index contributed by atoms with van der Waals surface area (Å²) in [6.07, 6.45) is 1.70. The first kappa shape index (κ1) is 23.1. The van der Waals surface area contributed by atoms with Crippen LogP contribution in [0.1, 0.15) is 19.4 Å². The number of ether oxygens (including phenoxy) is 3. The fourth-order valence-corrected chi connectivity index (χ4v) is 3.76. The lowest BCUT2D eigenvalue weighted by molar-refractivity contribution is 0.318. The first-order chi connectivity index (χ1) is 15.5. The van der Waals surface area contributed by atoms with Crippen molar-refractivity contribution in [1.29, 1.82) is 0 Å². The fraction of sp³-hybridized carbons (Fsp3) is 0.250. The molecule has 0 aliphatic carbocycles. The third-order valence-corrected chi connectivity index (χ3v) is 5.31. The average molecular weight is 454 g/mol. The zero-order valence-corrected chi connectivity index (χ0v) is 19.5. The molecule has 0 unspecified atom stereocenters. The number of aromatic nitrogens is 1. The Kier molecular flexibility index (Phi) is 7.72. The van der Waals surface area contributed by atoms with E-state index in [0.717, 1.165) is 22.4 Å². The van der Waals surface area contributed by atoms with Crippen molar-refractivity contribution in [2.75, 3.05) is 27.4 Å². The standard InChI is InChI=1S/C24H27N3O4S/c1-6-31-23-11-17(7-9-21(23)28)14-26-27-20(15-32-24(27)25-13-16(2)3)19-12-18(29-4)8-10-22(19)30-5/h7-12,14-15,28H,2,6,13H2,1,3-5H3. The largest absolute Gasteiger partial charge is 0.504 e. The SMILES string of the molecule is C=C(C)CN=c1scc(-c2cc(OC)ccc2OC)n1N=Cc1ccc(O)c(OCC)c1. The van der Waals surface area contributed by atoms with Gasteiger partial charge in [-0.3, -0.25) is 4.99 Å². The minimum absolute atomic E-state index is 0.0890. The Balaban J connectivity index is 2.13. The molecular weight excluding hydrogens is 426 g/mol. The molecular formula is C24H27N3O4S. The van der Waals surface area contributed by atoms with E-state index in [2.05, 4.69) is 11.6 Å². The first-order valence-corrected chi connectivity index (χ1v) is 10.9. The van der Waals surface area contributed by atoms with E-state index in [1.54, 1.807) is 43.3 Å². The molecule has 0 saturated heterocycles. The lowest BCUT2D eigenvalue weighted by Gasteiger charge is -2.11. The van der Waals surface area contributed by atoms with E-state index in [1.165, 1.54) is 11.3 Å². The van der Waals surface area contributed by atoms with Crippen LogP contribution in [0.15, 0.2) is 64.0 Å². The Hall–Kier alpha value is -3.52. The Morgan fingerprint density at radius 2 is 1.97 bits per heavy atom. The van der Waals surface area contributed by atoms with E-state index in [1.807, 2.05) is 37.4 Å². The summed E-state index contributed by atoms with van der Waals surface area (Å²) in [6, 6.07) is 10.7. The van der Waals surface area contributed by atoms with Gasteiger partial charge in [-0.05, 0) is 55.8 Å². The molecule has 0 atom stereocenters. The summed E-state index contributed by atoms with van der Waals surface area (Å²) in [5.74, 6) is 1.91. The molecule has 7 nitrogen and oxygen atoms in total. The topological polar surface area (TPSA) is 77.6 Å². The van der Waals surface area contributed by atoms with Crippen LogP contribution in [0, 0.1) is 0 Å². The molecule has 0 aliphatic heterocycles. The van der Waals surface area contributed by atoms with Crippen molar-refractivity contribution in [1.82, 2.24) is 4.68 Å². The fourth-order valence-electron chi connectivity index (χ4n) is 2.93. The maximum Gasteiger partial charge on any atom is 0.206 e. The summed E-state index contributed by atoms with van der Waals surface area (Å²) in [4.78, 5) is 5.37. The van der Waals surface area contributed by atoms with E-state index in [-0.39, 0.29) is 5.75 Å². The molecule has 0 bridgehead atoms. The number of thiazole rings is 1. The van der Waals surface area contributed by atoms with Crippen molar-refractivity contribution in [3.63, 3.8) is 0 Å². The highest BCUT2D eigenvalue weighted by Gasteiger charge is 2.14. The van der Waals surface area contributed by atoms with Gasteiger partial charge in [0, 0.05) is 10.9 Å². The number of aromatic hydroxyl groups is 1. The van der Waals surface area contributed by atoms with Crippen molar-refractivity contribution in [3.8, 4) is 34.3 Å². The lowest BCUT2D eigenvalue weighted by atomic mass is 10.1. The van der Waals surface area contributed by atoms with Gasteiger partial charge < -0.3 is 19.3 Å². The maximum atomic E-state index is 9.96. The van der Waals surface area contributed by atoms with Crippen LogP contribution in [-0.4, -0.2) is 43.4 Å². The van der Waals surface area contributed by atoms with Crippen molar-refractivity contribution >= 4 is 17.6 Å². The van der Waals surface area contributed by atoms with E-state index < -0.39 is 0 Å². The maximum absolute atomic E-state index is 9.96. The first-order valence-electron chi connectivity index (χ1n) is 10.0. The van der Waals surface area contributed by atoms with Crippen LogP contribution >= 0.6 is 11.3 Å². The highest BCUT2D eigenvalue weighted by atomic mass is 32.1. The number of rotatable bonds is 9. The average Bonchev–Trinajstić information content (AvgIpc) is 3.20. The zero-order valence-electron chi connectivity index (χ0n) is 18.7. The molecule has 0 amide bonds. The second kappa shape index (κ2) is 10.7. The van der Waals surface area contributed by atoms with Gasteiger partial charge in [0.1, 0.15) is 11.5 Å². The van der Waals surface area contributed by atoms with Crippen LogP contribution in [0.5, 0.6) is 23.0 Å². The summed E-state index contributed by atoms with van der Waals surface area (Å²) >= 11 is 1.47. The van der Waals surface area contributed by atoms with Crippen LogP contribution in [0.25, 0.3) is 11.3 Å². The van der Waals surface area contributed by atoms with Gasteiger partial charge in [-0.15, -0.1) is 11.3 Å². The third kappa shape index (κ3) is 5.39. The molecule has 0 aliphatic rings. The van der Waals surface area contributed by atoms with E-state index in [0.29, 0.717) is 35.2 Å². The molecule has 8 heteroatoms. The predicted molar refractivity (Wildman–Crippen MR) is 128 cm³/mol. The van der Waals surface area contributed by atoms with E-state index in [4.69, 9.17) is 19.3 Å². The predicted octanol–water partition coefficient (Wildman–Crippen LogP) is 4.70. The number of nitrogens with zero attached hydrogens (tertiary/aromatic N) is 3. The Morgan fingerprint density at radius 3 is 2.66 bits per heavy atom. The number of benzene rings is 2. The van der Waals surface area contributed by atoms with Gasteiger partial charge in [0.25, 0.3) is 0 Å². The quantitative estimate of drug-likeness (QED) is 0.376. The molecule has 2 aromatic carbocycles. The van der Waals surface area contributed by atoms with Gasteiger partial charge in [-0.25, -0.2) is 4.68 Å². The van der Waals surface area contributed by atoms with E-state index >= 15 is 0 Å². The van der Waals surface area contributed by atoms with Gasteiger partial charge >= 0.3 is 0 Å². The van der Waals surface area contributed by atoms with Crippen LogP contribution in [0.2, 0.25) is 0 Å². The summed E-state index contributed by atoms with van der Waals surface area (Å²) in [5.41, 5.74) is 3.37. The number of phenols is 1. The minimum atomic E-state index is 0.0890. The zero-order chi connectivity index (χ0) is 23.1. The molecule has 1 N–H and O–H groups in total. The van der Waals surface area contributed by atoms with Gasteiger partial charge in [0.2, 0.25) is 4.80 Å². The van der Waals surface area contributed by atoms with Crippen LogP contribution in [0.3, 0.4) is 0 Å². The molecule has 0 fully saturated rings. The van der Waals surface area contributed by atoms with Crippen molar-refractivity contribution < 1.29 is 19.3 Å². The molecule has 0 radical (unpaired) electrons. The minimum Gasteiger partial charge on any atom is -0.504 e. The van der Waals surface area contributed by atoms with Crippen molar-refractivity contribution in [2.45, 2.75) is 13.8 Å². The normalized spacial score (nSPS) is 11.7. The van der Waals surface area contributed by atoms with Gasteiger partial charge in [0.05, 0.1) is 39.3 Å². The van der Waals surface area contributed by atoms with Gasteiger partial charge in [-0.2, -0.15) is 5.10 Å². The monoisotopic (exact) mass is 453 g/mol. The Bertz CT molecular complexity index is 1190. The molecule has 1 heterocycles. The van der Waals surface area contributed by atoms with Crippen molar-refractivity contribution in [2.24, 2.45) is 10.1 Å². The number of methoxy groups -OCH3 is 2. The summed E-state index contributed by atoms with van der Waals surface area (Å²) in [7, 11) is 3.25. The number of hydrogen-bond acceptors (Lipinski definition) is 7. The molecule has 3 aromatic rings. The van der Waals surface area contributed by atoms with Crippen LogP contribution in [0.4, 0.5) is 0 Å². The molecule has 0 spiro atoms. The third-order valence-electron chi connectivity index (χ3n) is 4.46. The molecule has 0 saturated carbocycles. The van der Waals surface area contributed by atoms with E-state index in [9.17, 15) is 5.11 Å². The smallest absolute Gasteiger partial charge is 0.206 e. The Morgan fingerprint density at radius 1 is 1.16 bits per heavy atom. The summed E-state index contributed by atoms with van der Waals surface area (Å²) < 4.78 is 18.2. The molecule has 3 rings (SSSR count). The number of phenolic OH excluding ortho intramolecular Hbond substituents is 1.